The van der Waals surface area contributed by atoms with E-state index in [1.165, 1.54) is 29.8 Å². The number of aromatic nitrogens is 3. The van der Waals surface area contributed by atoms with E-state index in [1.807, 2.05) is 0 Å². The lowest BCUT2D eigenvalue weighted by Crippen LogP contribution is -2.17. The fraction of sp³-hybridized carbons (Fsp3) is 0.174. The molecule has 0 amide bonds. The fourth-order valence-electron chi connectivity index (χ4n) is 3.48. The highest BCUT2D eigenvalue weighted by molar-refractivity contribution is 5.70. The van der Waals surface area contributed by atoms with Crippen molar-refractivity contribution in [2.75, 3.05) is 0 Å². The van der Waals surface area contributed by atoms with Crippen LogP contribution in [0.2, 0.25) is 0 Å². The normalized spacial score (nSPS) is 12.2. The van der Waals surface area contributed by atoms with Crippen LogP contribution in [0.15, 0.2) is 67.0 Å². The Labute approximate surface area is 184 Å². The number of alkyl halides is 6. The van der Waals surface area contributed by atoms with Gasteiger partial charge in [-0.1, -0.05) is 42.5 Å². The first-order valence-electron chi connectivity index (χ1n) is 9.72. The highest BCUT2D eigenvalue weighted by atomic mass is 19.4. The number of benzene rings is 2. The molecule has 0 radical (unpaired) electrons. The number of para-hydroxylation sites is 1. The topological polar surface area (TPSA) is 42.8 Å². The summed E-state index contributed by atoms with van der Waals surface area (Å²) >= 11 is 0. The van der Waals surface area contributed by atoms with Crippen LogP contribution in [0.3, 0.4) is 0 Å². The van der Waals surface area contributed by atoms with E-state index >= 15 is 0 Å². The summed E-state index contributed by atoms with van der Waals surface area (Å²) in [6.45, 7) is 0. The van der Waals surface area contributed by atoms with Gasteiger partial charge < -0.3 is 14.3 Å². The maximum Gasteiger partial charge on any atom is 0.573 e. The van der Waals surface area contributed by atoms with Crippen molar-refractivity contribution in [3.8, 4) is 28.3 Å². The van der Waals surface area contributed by atoms with Gasteiger partial charge in [0.05, 0.1) is 0 Å². The molecule has 1 N–H and O–H groups in total. The van der Waals surface area contributed by atoms with E-state index in [4.69, 9.17) is 0 Å². The van der Waals surface area contributed by atoms with Crippen LogP contribution in [0.4, 0.5) is 26.3 Å². The Balaban J connectivity index is 1.52. The third kappa shape index (κ3) is 5.21. The number of rotatable bonds is 5. The number of aromatic amines is 1. The highest BCUT2D eigenvalue weighted by Crippen LogP contribution is 2.34. The zero-order valence-corrected chi connectivity index (χ0v) is 17.1. The van der Waals surface area contributed by atoms with E-state index in [1.54, 1.807) is 42.6 Å². The van der Waals surface area contributed by atoms with Crippen LogP contribution in [0.5, 0.6) is 5.75 Å². The minimum atomic E-state index is -4.80. The summed E-state index contributed by atoms with van der Waals surface area (Å²) in [4.78, 5) is 6.72. The molecule has 0 spiro atoms. The number of nitrogens with one attached hydrogen (secondary N) is 1. The number of hydrogen-bond acceptors (Lipinski definition) is 2. The molecule has 4 rings (SSSR count). The largest absolute Gasteiger partial charge is 0.573 e. The average Bonchev–Trinajstić information content (AvgIpc) is 3.34. The predicted molar refractivity (Wildman–Crippen MR) is 109 cm³/mol. The van der Waals surface area contributed by atoms with Crippen LogP contribution in [-0.2, 0) is 19.6 Å². The lowest BCUT2D eigenvalue weighted by molar-refractivity contribution is -0.274. The van der Waals surface area contributed by atoms with Crippen LogP contribution in [0.1, 0.15) is 17.0 Å². The van der Waals surface area contributed by atoms with Gasteiger partial charge in [0, 0.05) is 48.2 Å². The maximum absolute atomic E-state index is 12.9. The SMILES string of the molecule is Cn1cc(C(F)(F)F)nc1-c1ccc(Cc2cc(-c3ccccc3OC(F)(F)F)c[nH]2)cc1. The molecule has 0 atom stereocenters. The van der Waals surface area contributed by atoms with Crippen molar-refractivity contribution < 1.29 is 31.1 Å². The first-order chi connectivity index (χ1) is 15.5. The summed E-state index contributed by atoms with van der Waals surface area (Å²) in [5.41, 5.74) is 2.00. The van der Waals surface area contributed by atoms with Gasteiger partial charge in [0.1, 0.15) is 11.6 Å². The molecule has 0 unspecified atom stereocenters. The van der Waals surface area contributed by atoms with Crippen molar-refractivity contribution >= 4 is 0 Å². The summed E-state index contributed by atoms with van der Waals surface area (Å²) in [6.07, 6.45) is -6.36. The number of ether oxygens (including phenoxy) is 1. The second-order valence-electron chi connectivity index (χ2n) is 7.39. The minimum absolute atomic E-state index is 0.192. The third-order valence-electron chi connectivity index (χ3n) is 4.94. The molecule has 33 heavy (non-hydrogen) atoms. The summed E-state index contributed by atoms with van der Waals surface area (Å²) < 4.78 is 82.1. The molecule has 2 aromatic heterocycles. The molecule has 4 aromatic rings. The number of aryl methyl sites for hydroxylation is 1. The van der Waals surface area contributed by atoms with Crippen molar-refractivity contribution in [3.63, 3.8) is 0 Å². The van der Waals surface area contributed by atoms with Crippen molar-refractivity contribution in [1.29, 1.82) is 0 Å². The minimum Gasteiger partial charge on any atom is -0.405 e. The lowest BCUT2D eigenvalue weighted by Gasteiger charge is -2.12. The Morgan fingerprint density at radius 3 is 2.27 bits per heavy atom. The highest BCUT2D eigenvalue weighted by Gasteiger charge is 2.34. The summed E-state index contributed by atoms with van der Waals surface area (Å²) in [7, 11) is 1.49. The number of hydrogen-bond donors (Lipinski definition) is 1. The van der Waals surface area contributed by atoms with Gasteiger partial charge in [-0.15, -0.1) is 13.2 Å². The van der Waals surface area contributed by atoms with Gasteiger partial charge >= 0.3 is 12.5 Å². The Bertz CT molecular complexity index is 1250. The molecule has 0 aliphatic heterocycles. The predicted octanol–water partition coefficient (Wildman–Crippen LogP) is 6.59. The van der Waals surface area contributed by atoms with Crippen molar-refractivity contribution in [3.05, 3.63) is 83.9 Å². The Hall–Kier alpha value is -3.69. The first-order valence-corrected chi connectivity index (χ1v) is 9.72. The van der Waals surface area contributed by atoms with E-state index < -0.39 is 18.2 Å². The monoisotopic (exact) mass is 465 g/mol. The van der Waals surface area contributed by atoms with Crippen LogP contribution >= 0.6 is 0 Å². The van der Waals surface area contributed by atoms with Crippen molar-refractivity contribution in [1.82, 2.24) is 14.5 Å². The molecule has 0 saturated heterocycles. The molecule has 2 aromatic carbocycles. The Morgan fingerprint density at radius 2 is 1.64 bits per heavy atom. The van der Waals surface area contributed by atoms with Crippen LogP contribution < -0.4 is 4.74 Å². The molecular formula is C23H17F6N3O. The molecular weight excluding hydrogens is 448 g/mol. The molecule has 0 bridgehead atoms. The average molecular weight is 465 g/mol. The lowest BCUT2D eigenvalue weighted by atomic mass is 10.0. The van der Waals surface area contributed by atoms with Gasteiger partial charge in [-0.25, -0.2) is 4.98 Å². The number of halogens is 6. The number of nitrogens with zero attached hydrogens (tertiary/aromatic N) is 2. The van der Waals surface area contributed by atoms with E-state index in [0.29, 0.717) is 23.1 Å². The quantitative estimate of drug-likeness (QED) is 0.338. The molecule has 172 valence electrons. The van der Waals surface area contributed by atoms with E-state index in [9.17, 15) is 26.3 Å². The molecule has 0 fully saturated rings. The molecule has 0 saturated carbocycles. The zero-order chi connectivity index (χ0) is 23.8. The third-order valence-corrected chi connectivity index (χ3v) is 4.94. The molecule has 0 aliphatic carbocycles. The second kappa shape index (κ2) is 8.34. The van der Waals surface area contributed by atoms with Gasteiger partial charge in [-0.3, -0.25) is 0 Å². The van der Waals surface area contributed by atoms with Crippen molar-refractivity contribution in [2.24, 2.45) is 7.05 Å². The van der Waals surface area contributed by atoms with Gasteiger partial charge in [0.2, 0.25) is 0 Å². The van der Waals surface area contributed by atoms with Gasteiger partial charge in [0.25, 0.3) is 0 Å². The second-order valence-corrected chi connectivity index (χ2v) is 7.39. The zero-order valence-electron chi connectivity index (χ0n) is 17.1. The summed E-state index contributed by atoms with van der Waals surface area (Å²) in [5, 5.41) is 0. The smallest absolute Gasteiger partial charge is 0.405 e. The van der Waals surface area contributed by atoms with Gasteiger partial charge in [-0.2, -0.15) is 13.2 Å². The molecule has 10 heteroatoms. The van der Waals surface area contributed by atoms with Crippen LogP contribution in [-0.4, -0.2) is 20.9 Å². The molecule has 0 aliphatic rings. The van der Waals surface area contributed by atoms with Gasteiger partial charge in [-0.05, 0) is 17.7 Å². The molecule has 2 heterocycles. The van der Waals surface area contributed by atoms with Crippen LogP contribution in [0, 0.1) is 0 Å². The standard InChI is InChI=1S/C23H17F6N3O/c1-32-13-20(22(24,25)26)31-21(32)15-8-6-14(7-9-15)10-17-11-16(12-30-17)18-4-2-3-5-19(18)33-23(27,28)29/h2-9,11-13,30H,10H2,1H3. The molecule has 4 nitrogen and oxygen atoms in total. The number of imidazole rings is 1. The maximum atomic E-state index is 12.9. The van der Waals surface area contributed by atoms with Crippen molar-refractivity contribution in [2.45, 2.75) is 19.0 Å². The van der Waals surface area contributed by atoms with E-state index in [-0.39, 0.29) is 11.6 Å². The van der Waals surface area contributed by atoms with Gasteiger partial charge in [0.15, 0.2) is 5.69 Å². The Morgan fingerprint density at radius 1 is 0.939 bits per heavy atom. The fourth-order valence-corrected chi connectivity index (χ4v) is 3.48. The van der Waals surface area contributed by atoms with E-state index in [2.05, 4.69) is 14.7 Å². The summed E-state index contributed by atoms with van der Waals surface area (Å²) in [5.74, 6) is -0.106. The summed E-state index contributed by atoms with van der Waals surface area (Å²) in [6, 6.07) is 14.5. The first kappa shape index (κ1) is 22.5. The Kier molecular flexibility index (Phi) is 5.69. The number of H-pyrrole nitrogens is 1. The van der Waals surface area contributed by atoms with Crippen LogP contribution in [0.25, 0.3) is 22.5 Å². The van der Waals surface area contributed by atoms with E-state index in [0.717, 1.165) is 17.5 Å².